The van der Waals surface area contributed by atoms with Gasteiger partial charge in [-0.05, 0) is 19.1 Å². The average molecular weight is 423 g/mol. The summed E-state index contributed by atoms with van der Waals surface area (Å²) in [5.74, 6) is 0.843. The molecular weight excluding hydrogens is 395 g/mol. The lowest BCUT2D eigenvalue weighted by molar-refractivity contribution is 0.122. The van der Waals surface area contributed by atoms with Crippen LogP contribution in [0.3, 0.4) is 0 Å². The van der Waals surface area contributed by atoms with E-state index in [1.165, 1.54) is 0 Å². The van der Waals surface area contributed by atoms with Crippen molar-refractivity contribution >= 4 is 33.8 Å². The standard InChI is InChI=1S/C23H27FN6O/c1-17-22(30(24)19-14-18(15-26-16-19)28-10-12-31-13-11-28)20-4-2-3-5-21(20)27-23(17)29-8-6-25-7-9-29/h2-5,14-16,25H,6-13H2,1H3. The molecule has 1 N–H and O–H groups in total. The number of nitrogens with zero attached hydrogens (tertiary/aromatic N) is 5. The summed E-state index contributed by atoms with van der Waals surface area (Å²) >= 11 is 0. The van der Waals surface area contributed by atoms with Crippen LogP contribution in [-0.4, -0.2) is 62.5 Å². The molecule has 0 radical (unpaired) electrons. The van der Waals surface area contributed by atoms with Gasteiger partial charge in [-0.3, -0.25) is 4.98 Å². The van der Waals surface area contributed by atoms with E-state index in [9.17, 15) is 0 Å². The molecule has 0 amide bonds. The van der Waals surface area contributed by atoms with Crippen molar-refractivity contribution < 1.29 is 9.22 Å². The molecule has 5 rings (SSSR count). The summed E-state index contributed by atoms with van der Waals surface area (Å²) in [4.78, 5) is 13.6. The molecule has 3 aromatic rings. The Morgan fingerprint density at radius 2 is 1.81 bits per heavy atom. The molecule has 0 unspecified atom stereocenters. The fourth-order valence-electron chi connectivity index (χ4n) is 4.36. The topological polar surface area (TPSA) is 56.8 Å². The maximum atomic E-state index is 16.0. The Morgan fingerprint density at radius 1 is 1.03 bits per heavy atom. The number of piperazine rings is 1. The van der Waals surface area contributed by atoms with E-state index in [2.05, 4.69) is 20.1 Å². The number of rotatable bonds is 4. The fraction of sp³-hybridized carbons (Fsp3) is 0.391. The number of ether oxygens (including phenoxy) is 1. The Kier molecular flexibility index (Phi) is 5.57. The minimum Gasteiger partial charge on any atom is -0.378 e. The number of morpholine rings is 1. The summed E-state index contributed by atoms with van der Waals surface area (Å²) in [5.41, 5.74) is 3.47. The van der Waals surface area contributed by atoms with Crippen LogP contribution in [0.25, 0.3) is 10.9 Å². The SMILES string of the molecule is Cc1c(N2CCNCC2)nc2ccccc2c1N(F)c1cncc(N2CCOCC2)c1. The predicted octanol–water partition coefficient (Wildman–Crippen LogP) is 3.21. The first-order valence-electron chi connectivity index (χ1n) is 10.8. The summed E-state index contributed by atoms with van der Waals surface area (Å²) in [7, 11) is 0. The minimum absolute atomic E-state index is 0.412. The van der Waals surface area contributed by atoms with Crippen LogP contribution in [0.15, 0.2) is 42.7 Å². The van der Waals surface area contributed by atoms with E-state index in [0.717, 1.165) is 72.4 Å². The highest BCUT2D eigenvalue weighted by molar-refractivity contribution is 5.97. The normalized spacial score (nSPS) is 17.2. The molecule has 2 fully saturated rings. The van der Waals surface area contributed by atoms with Crippen molar-refractivity contribution in [1.29, 1.82) is 0 Å². The van der Waals surface area contributed by atoms with Gasteiger partial charge in [-0.15, -0.1) is 0 Å². The zero-order valence-corrected chi connectivity index (χ0v) is 17.7. The van der Waals surface area contributed by atoms with Crippen LogP contribution < -0.4 is 20.2 Å². The van der Waals surface area contributed by atoms with Crippen LogP contribution in [0.4, 0.5) is 27.4 Å². The van der Waals surface area contributed by atoms with Crippen LogP contribution >= 0.6 is 0 Å². The highest BCUT2D eigenvalue weighted by atomic mass is 19.2. The van der Waals surface area contributed by atoms with E-state index in [0.29, 0.717) is 24.6 Å². The Bertz CT molecular complexity index is 1070. The molecule has 7 nitrogen and oxygen atoms in total. The molecule has 2 aromatic heterocycles. The molecule has 2 saturated heterocycles. The molecule has 4 heterocycles. The van der Waals surface area contributed by atoms with Gasteiger partial charge in [0.1, 0.15) is 5.82 Å². The van der Waals surface area contributed by atoms with Crippen LogP contribution in [0, 0.1) is 6.92 Å². The van der Waals surface area contributed by atoms with Crippen molar-refractivity contribution in [2.45, 2.75) is 6.92 Å². The number of hydrogen-bond acceptors (Lipinski definition) is 7. The maximum absolute atomic E-state index is 16.0. The summed E-state index contributed by atoms with van der Waals surface area (Å²) in [5, 5.41) is 4.92. The molecule has 0 atom stereocenters. The van der Waals surface area contributed by atoms with Crippen molar-refractivity contribution in [2.75, 3.05) is 67.4 Å². The fourth-order valence-corrected chi connectivity index (χ4v) is 4.36. The van der Waals surface area contributed by atoms with Crippen LogP contribution in [0.1, 0.15) is 5.56 Å². The van der Waals surface area contributed by atoms with Gasteiger partial charge in [-0.25, -0.2) is 4.98 Å². The zero-order chi connectivity index (χ0) is 21.2. The maximum Gasteiger partial charge on any atom is 0.134 e. The lowest BCUT2D eigenvalue weighted by atomic mass is 10.1. The summed E-state index contributed by atoms with van der Waals surface area (Å²) in [6.45, 7) is 8.36. The number of nitrogens with one attached hydrogen (secondary N) is 1. The van der Waals surface area contributed by atoms with Crippen LogP contribution in [0.2, 0.25) is 0 Å². The van der Waals surface area contributed by atoms with Gasteiger partial charge < -0.3 is 19.9 Å². The molecule has 0 saturated carbocycles. The molecule has 8 heteroatoms. The van der Waals surface area contributed by atoms with E-state index >= 15 is 4.48 Å². The largest absolute Gasteiger partial charge is 0.378 e. The van der Waals surface area contributed by atoms with Gasteiger partial charge in [0.25, 0.3) is 0 Å². The van der Waals surface area contributed by atoms with Gasteiger partial charge in [-0.1, -0.05) is 22.7 Å². The molecule has 162 valence electrons. The van der Waals surface area contributed by atoms with Crippen molar-refractivity contribution in [3.63, 3.8) is 0 Å². The number of benzene rings is 1. The molecule has 1 aromatic carbocycles. The molecule has 31 heavy (non-hydrogen) atoms. The number of aromatic nitrogens is 2. The lowest BCUT2D eigenvalue weighted by Gasteiger charge is -2.31. The van der Waals surface area contributed by atoms with Crippen molar-refractivity contribution in [1.82, 2.24) is 15.3 Å². The van der Waals surface area contributed by atoms with Gasteiger partial charge in [0.2, 0.25) is 0 Å². The second-order valence-electron chi connectivity index (χ2n) is 7.94. The molecule has 2 aliphatic heterocycles. The number of pyridine rings is 2. The molecule has 0 aliphatic carbocycles. The van der Waals surface area contributed by atoms with Crippen LogP contribution in [0.5, 0.6) is 0 Å². The van der Waals surface area contributed by atoms with E-state index < -0.39 is 0 Å². The summed E-state index contributed by atoms with van der Waals surface area (Å²) in [6.07, 6.45) is 3.36. The molecule has 0 bridgehead atoms. The molecular formula is C23H27FN6O. The number of anilines is 4. The second kappa shape index (κ2) is 8.64. The van der Waals surface area contributed by atoms with Crippen molar-refractivity contribution in [2.24, 2.45) is 0 Å². The Labute approximate surface area is 181 Å². The number of halogens is 1. The number of para-hydroxylation sites is 1. The minimum atomic E-state index is 0.412. The average Bonchev–Trinajstić information content (AvgIpc) is 2.84. The second-order valence-corrected chi connectivity index (χ2v) is 7.94. The monoisotopic (exact) mass is 422 g/mol. The van der Waals surface area contributed by atoms with Gasteiger partial charge in [0, 0.05) is 50.2 Å². The van der Waals surface area contributed by atoms with Gasteiger partial charge >= 0.3 is 0 Å². The quantitative estimate of drug-likeness (QED) is 0.648. The van der Waals surface area contributed by atoms with E-state index in [1.54, 1.807) is 12.4 Å². The van der Waals surface area contributed by atoms with Crippen molar-refractivity contribution in [3.8, 4) is 0 Å². The van der Waals surface area contributed by atoms with Crippen LogP contribution in [-0.2, 0) is 4.74 Å². The Balaban J connectivity index is 1.58. The van der Waals surface area contributed by atoms with E-state index in [-0.39, 0.29) is 0 Å². The van der Waals surface area contributed by atoms with Crippen molar-refractivity contribution in [3.05, 3.63) is 48.3 Å². The van der Waals surface area contributed by atoms with Gasteiger partial charge in [0.05, 0.1) is 48.2 Å². The summed E-state index contributed by atoms with van der Waals surface area (Å²) < 4.78 is 21.5. The Hall–Kier alpha value is -2.97. The van der Waals surface area contributed by atoms with Gasteiger partial charge in [0.15, 0.2) is 0 Å². The lowest BCUT2D eigenvalue weighted by Crippen LogP contribution is -2.44. The van der Waals surface area contributed by atoms with E-state index in [4.69, 9.17) is 9.72 Å². The molecule has 0 spiro atoms. The first-order chi connectivity index (χ1) is 15.2. The highest BCUT2D eigenvalue weighted by Crippen LogP contribution is 2.39. The Morgan fingerprint density at radius 3 is 2.61 bits per heavy atom. The number of hydrogen-bond donors (Lipinski definition) is 1. The predicted molar refractivity (Wildman–Crippen MR) is 122 cm³/mol. The highest BCUT2D eigenvalue weighted by Gasteiger charge is 2.24. The first-order valence-corrected chi connectivity index (χ1v) is 10.8. The third-order valence-corrected chi connectivity index (χ3v) is 6.00. The third kappa shape index (κ3) is 3.88. The molecule has 2 aliphatic rings. The third-order valence-electron chi connectivity index (χ3n) is 6.00. The smallest absolute Gasteiger partial charge is 0.134 e. The number of fused-ring (bicyclic) bond motifs is 1. The zero-order valence-electron chi connectivity index (χ0n) is 17.7. The first kappa shape index (κ1) is 20.0. The summed E-state index contributed by atoms with van der Waals surface area (Å²) in [6, 6.07) is 9.60. The van der Waals surface area contributed by atoms with Gasteiger partial charge in [-0.2, -0.15) is 5.12 Å². The van der Waals surface area contributed by atoms with E-state index in [1.807, 2.05) is 37.3 Å².